The van der Waals surface area contributed by atoms with Gasteiger partial charge in [0.25, 0.3) is 0 Å². The lowest BCUT2D eigenvalue weighted by Crippen LogP contribution is -2.09. The van der Waals surface area contributed by atoms with Crippen molar-refractivity contribution in [1.29, 1.82) is 0 Å². The number of methoxy groups -OCH3 is 2. The van der Waals surface area contributed by atoms with Crippen molar-refractivity contribution in [2.45, 2.75) is 12.5 Å². The lowest BCUT2D eigenvalue weighted by atomic mass is 10.2. The number of rotatable bonds is 4. The molecule has 0 fully saturated rings. The molecule has 0 amide bonds. The predicted molar refractivity (Wildman–Crippen MR) is 45.1 cm³/mol. The van der Waals surface area contributed by atoms with Gasteiger partial charge in [-0.1, -0.05) is 0 Å². The maximum atomic E-state index is 10.9. The zero-order valence-corrected chi connectivity index (χ0v) is 7.65. The number of ether oxygens (including phenoxy) is 2. The summed E-state index contributed by atoms with van der Waals surface area (Å²) in [6.07, 6.45) is 1.35. The highest BCUT2D eigenvalue weighted by molar-refractivity contribution is 5.69. The number of carbonyl (C=O) groups is 1. The molecule has 0 radical (unpaired) electrons. The Morgan fingerprint density at radius 1 is 1.62 bits per heavy atom. The first kappa shape index (κ1) is 9.80. The van der Waals surface area contributed by atoms with Gasteiger partial charge in [0.2, 0.25) is 0 Å². The van der Waals surface area contributed by atoms with Gasteiger partial charge in [-0.3, -0.25) is 4.79 Å². The molecule has 0 aromatic carbocycles. The van der Waals surface area contributed by atoms with Crippen LogP contribution in [-0.4, -0.2) is 20.2 Å². The fourth-order valence-corrected chi connectivity index (χ4v) is 1.01. The van der Waals surface area contributed by atoms with Crippen molar-refractivity contribution >= 4 is 5.97 Å². The first-order chi connectivity index (χ1) is 6.27. The van der Waals surface area contributed by atoms with Crippen molar-refractivity contribution in [2.75, 3.05) is 14.2 Å². The molecular weight excluding hydrogens is 172 g/mol. The Hall–Kier alpha value is -1.29. The van der Waals surface area contributed by atoms with E-state index in [4.69, 9.17) is 9.15 Å². The van der Waals surface area contributed by atoms with Crippen LogP contribution in [0.5, 0.6) is 0 Å². The maximum Gasteiger partial charge on any atom is 0.308 e. The second kappa shape index (κ2) is 4.67. The number of hydrogen-bond acceptors (Lipinski definition) is 4. The normalized spacial score (nSPS) is 12.5. The van der Waals surface area contributed by atoms with E-state index in [2.05, 4.69) is 4.74 Å². The molecule has 1 aromatic rings. The van der Waals surface area contributed by atoms with Gasteiger partial charge in [-0.15, -0.1) is 0 Å². The number of carbonyl (C=O) groups excluding carboxylic acids is 1. The second-order valence-corrected chi connectivity index (χ2v) is 2.52. The first-order valence-electron chi connectivity index (χ1n) is 3.91. The van der Waals surface area contributed by atoms with Gasteiger partial charge < -0.3 is 13.9 Å². The molecule has 0 saturated heterocycles. The molecule has 0 aliphatic carbocycles. The summed E-state index contributed by atoms with van der Waals surface area (Å²) in [5, 5.41) is 0. The molecule has 1 unspecified atom stereocenters. The monoisotopic (exact) mass is 184 g/mol. The van der Waals surface area contributed by atoms with Crippen LogP contribution in [0.25, 0.3) is 0 Å². The predicted octanol–water partition coefficient (Wildman–Crippen LogP) is 1.53. The zero-order chi connectivity index (χ0) is 9.68. The third-order valence-electron chi connectivity index (χ3n) is 1.72. The molecule has 1 atom stereocenters. The Balaban J connectivity index is 2.58. The second-order valence-electron chi connectivity index (χ2n) is 2.52. The van der Waals surface area contributed by atoms with Crippen molar-refractivity contribution in [3.63, 3.8) is 0 Å². The van der Waals surface area contributed by atoms with Gasteiger partial charge in [-0.2, -0.15) is 0 Å². The number of esters is 1. The van der Waals surface area contributed by atoms with Gasteiger partial charge in [0.05, 0.1) is 19.8 Å². The van der Waals surface area contributed by atoms with Crippen LogP contribution in [0.4, 0.5) is 0 Å². The molecule has 0 saturated carbocycles. The summed E-state index contributed by atoms with van der Waals surface area (Å²) < 4.78 is 14.7. The minimum Gasteiger partial charge on any atom is -0.469 e. The quantitative estimate of drug-likeness (QED) is 0.666. The van der Waals surface area contributed by atoms with Crippen LogP contribution in [0.2, 0.25) is 0 Å². The fourth-order valence-electron chi connectivity index (χ4n) is 1.01. The highest BCUT2D eigenvalue weighted by Gasteiger charge is 2.17. The summed E-state index contributed by atoms with van der Waals surface area (Å²) in [4.78, 5) is 10.9. The SMILES string of the molecule is COC(=O)CC(OC)c1ccco1. The lowest BCUT2D eigenvalue weighted by molar-refractivity contribution is -0.143. The lowest BCUT2D eigenvalue weighted by Gasteiger charge is -2.10. The molecule has 1 aromatic heterocycles. The van der Waals surface area contributed by atoms with Gasteiger partial charge >= 0.3 is 5.97 Å². The molecule has 72 valence electrons. The van der Waals surface area contributed by atoms with E-state index in [0.29, 0.717) is 5.76 Å². The largest absolute Gasteiger partial charge is 0.469 e. The van der Waals surface area contributed by atoms with Crippen LogP contribution >= 0.6 is 0 Å². The van der Waals surface area contributed by atoms with Crippen molar-refractivity contribution in [2.24, 2.45) is 0 Å². The third kappa shape index (κ3) is 2.59. The topological polar surface area (TPSA) is 48.7 Å². The van der Waals surface area contributed by atoms with Gasteiger partial charge in [0.15, 0.2) is 0 Å². The first-order valence-corrected chi connectivity index (χ1v) is 3.91. The van der Waals surface area contributed by atoms with E-state index in [0.717, 1.165) is 0 Å². The molecule has 0 bridgehead atoms. The third-order valence-corrected chi connectivity index (χ3v) is 1.72. The molecule has 0 aliphatic heterocycles. The summed E-state index contributed by atoms with van der Waals surface area (Å²) in [5.74, 6) is 0.316. The fraction of sp³-hybridized carbons (Fsp3) is 0.444. The molecule has 4 heteroatoms. The van der Waals surface area contributed by atoms with E-state index < -0.39 is 0 Å². The van der Waals surface area contributed by atoms with Crippen LogP contribution in [0, 0.1) is 0 Å². The van der Waals surface area contributed by atoms with Gasteiger partial charge in [0, 0.05) is 7.11 Å². The van der Waals surface area contributed by atoms with Gasteiger partial charge in [-0.25, -0.2) is 0 Å². The Labute approximate surface area is 76.4 Å². The molecular formula is C9H12O4. The van der Waals surface area contributed by atoms with E-state index >= 15 is 0 Å². The summed E-state index contributed by atoms with van der Waals surface area (Å²) in [5.41, 5.74) is 0. The summed E-state index contributed by atoms with van der Waals surface area (Å²) in [7, 11) is 2.87. The number of furan rings is 1. The van der Waals surface area contributed by atoms with Crippen LogP contribution in [0.1, 0.15) is 18.3 Å². The molecule has 0 N–H and O–H groups in total. The van der Waals surface area contributed by atoms with Gasteiger partial charge in [-0.05, 0) is 12.1 Å². The minimum absolute atomic E-state index is 0.167. The van der Waals surface area contributed by atoms with E-state index in [1.54, 1.807) is 18.4 Å². The Morgan fingerprint density at radius 2 is 2.38 bits per heavy atom. The van der Waals surface area contributed by atoms with Crippen LogP contribution in [0.15, 0.2) is 22.8 Å². The van der Waals surface area contributed by atoms with Crippen LogP contribution in [-0.2, 0) is 14.3 Å². The molecule has 4 nitrogen and oxygen atoms in total. The molecule has 1 rings (SSSR count). The molecule has 0 spiro atoms. The number of hydrogen-bond donors (Lipinski definition) is 0. The molecule has 13 heavy (non-hydrogen) atoms. The van der Waals surface area contributed by atoms with E-state index in [1.165, 1.54) is 14.2 Å². The van der Waals surface area contributed by atoms with E-state index in [9.17, 15) is 4.79 Å². The molecule has 0 aliphatic rings. The van der Waals surface area contributed by atoms with Gasteiger partial charge in [0.1, 0.15) is 11.9 Å². The summed E-state index contributed by atoms with van der Waals surface area (Å²) >= 11 is 0. The summed E-state index contributed by atoms with van der Waals surface area (Å²) in [6.45, 7) is 0. The van der Waals surface area contributed by atoms with E-state index in [-0.39, 0.29) is 18.5 Å². The average Bonchev–Trinajstić information content (AvgIpc) is 2.66. The molecule has 1 heterocycles. The van der Waals surface area contributed by atoms with E-state index in [1.807, 2.05) is 0 Å². The maximum absolute atomic E-state index is 10.9. The average molecular weight is 184 g/mol. The van der Waals surface area contributed by atoms with Crippen LogP contribution < -0.4 is 0 Å². The van der Waals surface area contributed by atoms with Crippen molar-refractivity contribution in [3.05, 3.63) is 24.2 Å². The zero-order valence-electron chi connectivity index (χ0n) is 7.65. The Bertz CT molecular complexity index is 253. The van der Waals surface area contributed by atoms with Crippen LogP contribution in [0.3, 0.4) is 0 Å². The van der Waals surface area contributed by atoms with Crippen molar-refractivity contribution in [3.8, 4) is 0 Å². The highest BCUT2D eigenvalue weighted by Crippen LogP contribution is 2.20. The summed E-state index contributed by atoms with van der Waals surface area (Å²) in [6, 6.07) is 3.51. The highest BCUT2D eigenvalue weighted by atomic mass is 16.5. The standard InChI is InChI=1S/C9H12O4/c1-11-8(6-9(10)12-2)7-4-3-5-13-7/h3-5,8H,6H2,1-2H3. The smallest absolute Gasteiger partial charge is 0.308 e. The van der Waals surface area contributed by atoms with Crippen molar-refractivity contribution < 1.29 is 18.7 Å². The Morgan fingerprint density at radius 3 is 2.85 bits per heavy atom. The Kier molecular flexibility index (Phi) is 3.52. The minimum atomic E-state index is -0.359. The van der Waals surface area contributed by atoms with Crippen molar-refractivity contribution in [1.82, 2.24) is 0 Å².